The molecule has 0 saturated carbocycles. The lowest BCUT2D eigenvalue weighted by molar-refractivity contribution is -0.130. The quantitative estimate of drug-likeness (QED) is 0.619. The zero-order chi connectivity index (χ0) is 12.0. The van der Waals surface area contributed by atoms with Crippen molar-refractivity contribution in [3.05, 3.63) is 0 Å². The van der Waals surface area contributed by atoms with Crippen LogP contribution in [0.25, 0.3) is 0 Å². The molecule has 1 atom stereocenters. The number of hydrogen-bond acceptors (Lipinski definition) is 2. The van der Waals surface area contributed by atoms with Crippen molar-refractivity contribution in [1.29, 1.82) is 0 Å². The molecule has 0 radical (unpaired) electrons. The molecule has 2 heteroatoms. The fraction of sp³-hybridized carbons (Fsp3) is 0.929. The highest BCUT2D eigenvalue weighted by atomic mass is 16.1. The second kappa shape index (κ2) is 6.39. The fourth-order valence-electron chi connectivity index (χ4n) is 2.61. The van der Waals surface area contributed by atoms with E-state index in [1.165, 1.54) is 25.7 Å². The highest BCUT2D eigenvalue weighted by Crippen LogP contribution is 2.27. The molecule has 1 aliphatic heterocycles. The van der Waals surface area contributed by atoms with Crippen molar-refractivity contribution < 1.29 is 4.79 Å². The lowest BCUT2D eigenvalue weighted by Crippen LogP contribution is -2.50. The van der Waals surface area contributed by atoms with Crippen molar-refractivity contribution >= 4 is 5.78 Å². The summed E-state index contributed by atoms with van der Waals surface area (Å²) < 4.78 is 0. The van der Waals surface area contributed by atoms with Gasteiger partial charge in [0.05, 0.1) is 5.54 Å². The van der Waals surface area contributed by atoms with Gasteiger partial charge in [0.15, 0.2) is 5.78 Å². The molecule has 0 aromatic rings. The zero-order valence-corrected chi connectivity index (χ0v) is 11.2. The summed E-state index contributed by atoms with van der Waals surface area (Å²) in [4.78, 5) is 14.7. The Morgan fingerprint density at radius 2 is 1.81 bits per heavy atom. The summed E-state index contributed by atoms with van der Waals surface area (Å²) in [5.41, 5.74) is -0.176. The summed E-state index contributed by atoms with van der Waals surface area (Å²) in [6, 6.07) is 0. The molecule has 1 heterocycles. The molecular formula is C14H27NO. The molecule has 0 spiro atoms. The molecule has 1 rings (SSSR count). The predicted octanol–water partition coefficient (Wildman–Crippen LogP) is 3.40. The first-order valence-corrected chi connectivity index (χ1v) is 6.93. The lowest BCUT2D eigenvalue weighted by Gasteiger charge is -2.36. The minimum atomic E-state index is -0.176. The average Bonchev–Trinajstić information content (AvgIpc) is 2.82. The summed E-state index contributed by atoms with van der Waals surface area (Å²) in [5.74, 6) is 0.463. The molecule has 1 fully saturated rings. The molecule has 1 unspecified atom stereocenters. The Hall–Kier alpha value is -0.370. The van der Waals surface area contributed by atoms with E-state index in [0.29, 0.717) is 5.78 Å². The van der Waals surface area contributed by atoms with E-state index in [0.717, 1.165) is 32.4 Å². The second-order valence-electron chi connectivity index (χ2n) is 5.20. The molecule has 94 valence electrons. The van der Waals surface area contributed by atoms with Crippen LogP contribution in [0.1, 0.15) is 65.7 Å². The summed E-state index contributed by atoms with van der Waals surface area (Å²) in [6.45, 7) is 8.71. The Kier molecular flexibility index (Phi) is 5.47. The summed E-state index contributed by atoms with van der Waals surface area (Å²) in [5, 5.41) is 0. The minimum Gasteiger partial charge on any atom is -0.298 e. The summed E-state index contributed by atoms with van der Waals surface area (Å²) >= 11 is 0. The Bertz CT molecular complexity index is 221. The van der Waals surface area contributed by atoms with E-state index >= 15 is 0 Å². The van der Waals surface area contributed by atoms with Gasteiger partial charge in [-0.25, -0.2) is 0 Å². The molecule has 1 saturated heterocycles. The van der Waals surface area contributed by atoms with Gasteiger partial charge in [0.2, 0.25) is 0 Å². The van der Waals surface area contributed by atoms with Crippen LogP contribution in [-0.2, 0) is 4.79 Å². The number of carbonyl (C=O) groups is 1. The first-order valence-electron chi connectivity index (χ1n) is 6.93. The fourth-order valence-corrected chi connectivity index (χ4v) is 2.61. The van der Waals surface area contributed by atoms with Gasteiger partial charge in [-0.15, -0.1) is 0 Å². The van der Waals surface area contributed by atoms with E-state index < -0.39 is 0 Å². The molecule has 0 aromatic heterocycles. The van der Waals surface area contributed by atoms with Gasteiger partial charge in [0.1, 0.15) is 0 Å². The maximum absolute atomic E-state index is 12.3. The van der Waals surface area contributed by atoms with E-state index in [-0.39, 0.29) is 5.54 Å². The van der Waals surface area contributed by atoms with Crippen molar-refractivity contribution in [3.8, 4) is 0 Å². The number of nitrogens with zero attached hydrogens (tertiary/aromatic N) is 1. The Morgan fingerprint density at radius 1 is 1.19 bits per heavy atom. The number of hydrogen-bond donors (Lipinski definition) is 0. The third kappa shape index (κ3) is 3.07. The molecule has 2 nitrogen and oxygen atoms in total. The topological polar surface area (TPSA) is 20.3 Å². The number of carbonyl (C=O) groups excluding carboxylic acids is 1. The third-order valence-corrected chi connectivity index (χ3v) is 4.10. The van der Waals surface area contributed by atoms with Gasteiger partial charge in [-0.3, -0.25) is 9.69 Å². The molecule has 0 bridgehead atoms. The monoisotopic (exact) mass is 225 g/mol. The average molecular weight is 225 g/mol. The second-order valence-corrected chi connectivity index (χ2v) is 5.20. The van der Waals surface area contributed by atoms with E-state index in [1.54, 1.807) is 0 Å². The van der Waals surface area contributed by atoms with Gasteiger partial charge in [0, 0.05) is 6.42 Å². The standard InChI is InChI=1S/C14H27NO/c1-4-6-7-10-13(16)14(3,5-2)15-11-8-9-12-15/h4-12H2,1-3H3. The highest BCUT2D eigenvalue weighted by molar-refractivity contribution is 5.87. The first kappa shape index (κ1) is 13.7. The van der Waals surface area contributed by atoms with Crippen LogP contribution in [0, 0.1) is 0 Å². The largest absolute Gasteiger partial charge is 0.298 e. The minimum absolute atomic E-state index is 0.176. The number of unbranched alkanes of at least 4 members (excludes halogenated alkanes) is 2. The number of Topliss-reactive ketones (excluding diaryl/α,β-unsaturated/α-hetero) is 1. The van der Waals surface area contributed by atoms with E-state index in [2.05, 4.69) is 25.7 Å². The van der Waals surface area contributed by atoms with Crippen molar-refractivity contribution in [2.24, 2.45) is 0 Å². The Balaban J connectivity index is 2.52. The van der Waals surface area contributed by atoms with Crippen molar-refractivity contribution in [1.82, 2.24) is 4.90 Å². The van der Waals surface area contributed by atoms with Crippen LogP contribution in [-0.4, -0.2) is 29.3 Å². The van der Waals surface area contributed by atoms with Crippen LogP contribution in [0.4, 0.5) is 0 Å². The smallest absolute Gasteiger partial charge is 0.152 e. The Morgan fingerprint density at radius 3 is 2.31 bits per heavy atom. The van der Waals surface area contributed by atoms with Crippen LogP contribution in [0.15, 0.2) is 0 Å². The summed E-state index contributed by atoms with van der Waals surface area (Å²) in [7, 11) is 0. The van der Waals surface area contributed by atoms with E-state index in [4.69, 9.17) is 0 Å². The maximum atomic E-state index is 12.3. The number of likely N-dealkylation sites (tertiary alicyclic amines) is 1. The third-order valence-electron chi connectivity index (χ3n) is 4.10. The predicted molar refractivity (Wildman–Crippen MR) is 68.7 cm³/mol. The molecule has 0 amide bonds. The molecule has 0 aromatic carbocycles. The van der Waals surface area contributed by atoms with Gasteiger partial charge in [-0.2, -0.15) is 0 Å². The van der Waals surface area contributed by atoms with Gasteiger partial charge >= 0.3 is 0 Å². The van der Waals surface area contributed by atoms with Crippen molar-refractivity contribution in [2.45, 2.75) is 71.3 Å². The van der Waals surface area contributed by atoms with Gasteiger partial charge in [-0.05, 0) is 45.7 Å². The van der Waals surface area contributed by atoms with E-state index in [9.17, 15) is 4.79 Å². The van der Waals surface area contributed by atoms with Crippen LogP contribution in [0.3, 0.4) is 0 Å². The highest BCUT2D eigenvalue weighted by Gasteiger charge is 2.37. The molecule has 16 heavy (non-hydrogen) atoms. The van der Waals surface area contributed by atoms with Gasteiger partial charge in [0.25, 0.3) is 0 Å². The number of ketones is 1. The maximum Gasteiger partial charge on any atom is 0.152 e. The molecular weight excluding hydrogens is 198 g/mol. The molecule has 0 N–H and O–H groups in total. The van der Waals surface area contributed by atoms with Crippen LogP contribution in [0.5, 0.6) is 0 Å². The normalized spacial score (nSPS) is 20.9. The van der Waals surface area contributed by atoms with Crippen molar-refractivity contribution in [3.63, 3.8) is 0 Å². The van der Waals surface area contributed by atoms with Gasteiger partial charge < -0.3 is 0 Å². The van der Waals surface area contributed by atoms with Crippen molar-refractivity contribution in [2.75, 3.05) is 13.1 Å². The lowest BCUT2D eigenvalue weighted by atomic mass is 9.88. The summed E-state index contributed by atoms with van der Waals surface area (Å²) in [6.07, 6.45) is 7.70. The molecule has 1 aliphatic rings. The van der Waals surface area contributed by atoms with Crippen LogP contribution >= 0.6 is 0 Å². The first-order chi connectivity index (χ1) is 7.65. The zero-order valence-electron chi connectivity index (χ0n) is 11.2. The van der Waals surface area contributed by atoms with E-state index in [1.807, 2.05) is 0 Å². The van der Waals surface area contributed by atoms with Crippen LogP contribution in [0.2, 0.25) is 0 Å². The van der Waals surface area contributed by atoms with Gasteiger partial charge in [-0.1, -0.05) is 26.7 Å². The number of rotatable bonds is 7. The van der Waals surface area contributed by atoms with Crippen LogP contribution < -0.4 is 0 Å². The SMILES string of the molecule is CCCCCC(=O)C(C)(CC)N1CCCC1. The molecule has 0 aliphatic carbocycles. The Labute approximate surface area is 100 Å².